The monoisotopic (exact) mass is 271 g/mol. The topological polar surface area (TPSA) is 91.7 Å². The Balaban J connectivity index is 2.28. The second kappa shape index (κ2) is 6.06. The predicted octanol–water partition coefficient (Wildman–Crippen LogP) is 2.65. The summed E-state index contributed by atoms with van der Waals surface area (Å²) in [6, 6.07) is 6.50. The third kappa shape index (κ3) is 3.26. The molecule has 0 bridgehead atoms. The fourth-order valence-electron chi connectivity index (χ4n) is 1.68. The molecule has 0 radical (unpaired) electrons. The van der Waals surface area contributed by atoms with E-state index in [1.54, 1.807) is 30.3 Å². The number of nitrogens with one attached hydrogen (secondary N) is 1. The van der Waals surface area contributed by atoms with Gasteiger partial charge in [-0.3, -0.25) is 5.41 Å². The summed E-state index contributed by atoms with van der Waals surface area (Å²) < 4.78 is 5.50. The minimum Gasteiger partial charge on any atom is -0.508 e. The maximum atomic E-state index is 9.24. The molecule has 0 amide bonds. The summed E-state index contributed by atoms with van der Waals surface area (Å²) in [5.41, 5.74) is 7.78. The van der Waals surface area contributed by atoms with Crippen LogP contribution in [0.5, 0.6) is 5.75 Å². The normalized spacial score (nSPS) is 16.9. The molecule has 0 saturated carbocycles. The van der Waals surface area contributed by atoms with Crippen molar-refractivity contribution in [1.29, 1.82) is 5.41 Å². The van der Waals surface area contributed by atoms with Gasteiger partial charge in [-0.25, -0.2) is 4.99 Å². The van der Waals surface area contributed by atoms with Crippen LogP contribution in [-0.4, -0.2) is 23.1 Å². The van der Waals surface area contributed by atoms with Crippen molar-refractivity contribution in [3.8, 4) is 5.75 Å². The summed E-state index contributed by atoms with van der Waals surface area (Å²) in [6.45, 7) is 2.55. The number of hydrogen-bond donors (Lipinski definition) is 3. The number of allylic oxidation sites excluding steroid dienone is 2. The SMILES string of the molecule is CCCOC1=C/C(=N/c2ccc(O)cc2)C(N)=CC1=N. The second-order valence-electron chi connectivity index (χ2n) is 4.38. The first-order valence-electron chi connectivity index (χ1n) is 6.39. The van der Waals surface area contributed by atoms with E-state index >= 15 is 0 Å². The van der Waals surface area contributed by atoms with Crippen LogP contribution in [0.15, 0.2) is 52.9 Å². The predicted molar refractivity (Wildman–Crippen MR) is 79.5 cm³/mol. The van der Waals surface area contributed by atoms with E-state index in [1.807, 2.05) is 6.92 Å². The molecule has 1 aliphatic rings. The van der Waals surface area contributed by atoms with Crippen molar-refractivity contribution < 1.29 is 9.84 Å². The summed E-state index contributed by atoms with van der Waals surface area (Å²) in [5, 5.41) is 17.1. The molecule has 0 fully saturated rings. The van der Waals surface area contributed by atoms with Crippen molar-refractivity contribution >= 4 is 17.1 Å². The number of benzene rings is 1. The molecule has 4 N–H and O–H groups in total. The van der Waals surface area contributed by atoms with Crippen LogP contribution in [-0.2, 0) is 4.74 Å². The van der Waals surface area contributed by atoms with E-state index in [0.29, 0.717) is 29.5 Å². The Bertz CT molecular complexity index is 598. The highest BCUT2D eigenvalue weighted by Crippen LogP contribution is 2.20. The van der Waals surface area contributed by atoms with Gasteiger partial charge in [0, 0.05) is 6.08 Å². The number of aromatic hydroxyl groups is 1. The molecular formula is C15H17N3O2. The van der Waals surface area contributed by atoms with Crippen molar-refractivity contribution in [3.05, 3.63) is 47.9 Å². The van der Waals surface area contributed by atoms with Crippen LogP contribution in [0.4, 0.5) is 5.69 Å². The third-order valence-corrected chi connectivity index (χ3v) is 2.69. The van der Waals surface area contributed by atoms with Gasteiger partial charge in [0.25, 0.3) is 0 Å². The Labute approximate surface area is 117 Å². The zero-order valence-electron chi connectivity index (χ0n) is 11.3. The fraction of sp³-hybridized carbons (Fsp3) is 0.200. The number of ether oxygens (including phenoxy) is 1. The molecule has 5 nitrogen and oxygen atoms in total. The molecule has 1 aliphatic carbocycles. The number of nitrogens with two attached hydrogens (primary N) is 1. The van der Waals surface area contributed by atoms with Crippen molar-refractivity contribution in [1.82, 2.24) is 0 Å². The summed E-state index contributed by atoms with van der Waals surface area (Å²) >= 11 is 0. The van der Waals surface area contributed by atoms with E-state index in [2.05, 4.69) is 4.99 Å². The van der Waals surface area contributed by atoms with Crippen LogP contribution < -0.4 is 5.73 Å². The first kappa shape index (κ1) is 13.9. The van der Waals surface area contributed by atoms with Crippen LogP contribution in [0, 0.1) is 5.41 Å². The van der Waals surface area contributed by atoms with E-state index in [9.17, 15) is 5.11 Å². The zero-order chi connectivity index (χ0) is 14.5. The highest BCUT2D eigenvalue weighted by atomic mass is 16.5. The Morgan fingerprint density at radius 1 is 1.25 bits per heavy atom. The van der Waals surface area contributed by atoms with E-state index in [-0.39, 0.29) is 11.5 Å². The summed E-state index contributed by atoms with van der Waals surface area (Å²) in [4.78, 5) is 4.39. The molecule has 1 aromatic rings. The maximum Gasteiger partial charge on any atom is 0.146 e. The van der Waals surface area contributed by atoms with Gasteiger partial charge in [-0.2, -0.15) is 0 Å². The third-order valence-electron chi connectivity index (χ3n) is 2.69. The lowest BCUT2D eigenvalue weighted by molar-refractivity contribution is 0.231. The number of hydrogen-bond acceptors (Lipinski definition) is 5. The maximum absolute atomic E-state index is 9.24. The van der Waals surface area contributed by atoms with Crippen LogP contribution in [0.25, 0.3) is 0 Å². The van der Waals surface area contributed by atoms with Crippen LogP contribution >= 0.6 is 0 Å². The number of nitrogens with zero attached hydrogens (tertiary/aromatic N) is 1. The van der Waals surface area contributed by atoms with Gasteiger partial charge < -0.3 is 15.6 Å². The second-order valence-corrected chi connectivity index (χ2v) is 4.38. The Morgan fingerprint density at radius 2 is 1.95 bits per heavy atom. The van der Waals surface area contributed by atoms with Crippen molar-refractivity contribution in [2.45, 2.75) is 13.3 Å². The lowest BCUT2D eigenvalue weighted by atomic mass is 10.1. The van der Waals surface area contributed by atoms with Gasteiger partial charge in [0.15, 0.2) is 0 Å². The van der Waals surface area contributed by atoms with Gasteiger partial charge in [-0.15, -0.1) is 0 Å². The highest BCUT2D eigenvalue weighted by Gasteiger charge is 2.15. The lowest BCUT2D eigenvalue weighted by Crippen LogP contribution is -2.19. The minimum atomic E-state index is 0.186. The van der Waals surface area contributed by atoms with Crippen LogP contribution in [0.1, 0.15) is 13.3 Å². The molecule has 0 spiro atoms. The summed E-state index contributed by atoms with van der Waals surface area (Å²) in [7, 11) is 0. The Kier molecular flexibility index (Phi) is 4.20. The number of rotatable bonds is 4. The first-order valence-corrected chi connectivity index (χ1v) is 6.39. The van der Waals surface area contributed by atoms with Gasteiger partial charge in [0.05, 0.1) is 29.4 Å². The standard InChI is InChI=1S/C15H17N3O2/c1-2-7-20-15-9-14(12(16)8-13(15)17)18-10-3-5-11(19)6-4-10/h3-6,8-9,17,19H,2,7,16H2,1H3/b17-13?,18-14-. The lowest BCUT2D eigenvalue weighted by Gasteiger charge is -2.15. The number of aliphatic imine (C=N–C) groups is 1. The molecule has 2 rings (SSSR count). The minimum absolute atomic E-state index is 0.186. The van der Waals surface area contributed by atoms with Gasteiger partial charge in [-0.1, -0.05) is 6.92 Å². The summed E-state index contributed by atoms with van der Waals surface area (Å²) in [5.74, 6) is 0.656. The molecule has 0 heterocycles. The highest BCUT2D eigenvalue weighted by molar-refractivity contribution is 6.22. The molecule has 104 valence electrons. The van der Waals surface area contributed by atoms with Gasteiger partial charge in [0.2, 0.25) is 0 Å². The molecular weight excluding hydrogens is 254 g/mol. The molecule has 20 heavy (non-hydrogen) atoms. The molecule has 0 atom stereocenters. The van der Waals surface area contributed by atoms with E-state index in [1.165, 1.54) is 6.08 Å². The quantitative estimate of drug-likeness (QED) is 0.735. The molecule has 0 unspecified atom stereocenters. The fourth-order valence-corrected chi connectivity index (χ4v) is 1.68. The Hall–Kier alpha value is -2.56. The van der Waals surface area contributed by atoms with Crippen molar-refractivity contribution in [3.63, 3.8) is 0 Å². The average molecular weight is 271 g/mol. The van der Waals surface area contributed by atoms with Crippen LogP contribution in [0.3, 0.4) is 0 Å². The van der Waals surface area contributed by atoms with Gasteiger partial charge in [0.1, 0.15) is 11.5 Å². The largest absolute Gasteiger partial charge is 0.508 e. The first-order chi connectivity index (χ1) is 9.60. The molecule has 1 aromatic carbocycles. The number of phenols is 1. The average Bonchev–Trinajstić information content (AvgIpc) is 2.43. The van der Waals surface area contributed by atoms with Crippen LogP contribution in [0.2, 0.25) is 0 Å². The smallest absolute Gasteiger partial charge is 0.146 e. The Morgan fingerprint density at radius 3 is 2.60 bits per heavy atom. The van der Waals surface area contributed by atoms with E-state index in [4.69, 9.17) is 15.9 Å². The van der Waals surface area contributed by atoms with Gasteiger partial charge in [-0.05, 0) is 36.8 Å². The molecule has 5 heteroatoms. The summed E-state index contributed by atoms with van der Waals surface area (Å²) in [6.07, 6.45) is 4.07. The van der Waals surface area contributed by atoms with Crippen molar-refractivity contribution in [2.24, 2.45) is 10.7 Å². The van der Waals surface area contributed by atoms with E-state index < -0.39 is 0 Å². The van der Waals surface area contributed by atoms with Gasteiger partial charge >= 0.3 is 0 Å². The molecule has 0 aliphatic heterocycles. The molecule has 0 aromatic heterocycles. The zero-order valence-corrected chi connectivity index (χ0v) is 11.3. The van der Waals surface area contributed by atoms with E-state index in [0.717, 1.165) is 6.42 Å². The van der Waals surface area contributed by atoms with Crippen molar-refractivity contribution in [2.75, 3.05) is 6.61 Å². The molecule has 0 saturated heterocycles. The number of phenolic OH excluding ortho intramolecular Hbond substituents is 1.